The maximum Gasteiger partial charge on any atom is 0.126 e. The van der Waals surface area contributed by atoms with Gasteiger partial charge in [0.15, 0.2) is 0 Å². The fourth-order valence-electron chi connectivity index (χ4n) is 2.42. The quantitative estimate of drug-likeness (QED) is 0.694. The van der Waals surface area contributed by atoms with Crippen LogP contribution in [0.5, 0.6) is 5.75 Å². The number of methoxy groups -OCH3 is 1. The van der Waals surface area contributed by atoms with Crippen LogP contribution in [0.4, 0.5) is 5.69 Å². The first-order valence-corrected chi connectivity index (χ1v) is 6.22. The number of hydrogen-bond acceptors (Lipinski definition) is 2. The monoisotopic (exact) mass is 249 g/mol. The van der Waals surface area contributed by atoms with Gasteiger partial charge in [0, 0.05) is 16.6 Å². The predicted molar refractivity (Wildman–Crippen MR) is 80.3 cm³/mol. The lowest BCUT2D eigenvalue weighted by Crippen LogP contribution is -1.91. The van der Waals surface area contributed by atoms with Gasteiger partial charge in [-0.2, -0.15) is 0 Å². The molecule has 3 aromatic carbocycles. The number of para-hydroxylation sites is 1. The Kier molecular flexibility index (Phi) is 2.84. The summed E-state index contributed by atoms with van der Waals surface area (Å²) in [4.78, 5) is 0. The predicted octanol–water partition coefficient (Wildman–Crippen LogP) is 4.10. The number of rotatable bonds is 2. The normalized spacial score (nSPS) is 10.6. The number of nitrogens with two attached hydrogens (primary N) is 1. The Bertz CT molecular complexity index is 734. The fourth-order valence-corrected chi connectivity index (χ4v) is 2.42. The summed E-state index contributed by atoms with van der Waals surface area (Å²) >= 11 is 0. The summed E-state index contributed by atoms with van der Waals surface area (Å²) < 4.78 is 5.45. The van der Waals surface area contributed by atoms with Crippen molar-refractivity contribution in [2.45, 2.75) is 0 Å². The van der Waals surface area contributed by atoms with E-state index in [1.165, 1.54) is 0 Å². The van der Waals surface area contributed by atoms with Gasteiger partial charge in [0.25, 0.3) is 0 Å². The molecule has 0 saturated heterocycles. The van der Waals surface area contributed by atoms with E-state index < -0.39 is 0 Å². The Morgan fingerprint density at radius 3 is 2.21 bits per heavy atom. The number of ether oxygens (including phenoxy) is 1. The number of nitrogen functional groups attached to an aromatic ring is 1. The van der Waals surface area contributed by atoms with Gasteiger partial charge in [-0.25, -0.2) is 0 Å². The van der Waals surface area contributed by atoms with Crippen LogP contribution in [0.1, 0.15) is 0 Å². The highest BCUT2D eigenvalue weighted by Gasteiger charge is 2.09. The lowest BCUT2D eigenvalue weighted by molar-refractivity contribution is 0.416. The van der Waals surface area contributed by atoms with Gasteiger partial charge in [0.05, 0.1) is 7.11 Å². The molecular weight excluding hydrogens is 234 g/mol. The summed E-state index contributed by atoms with van der Waals surface area (Å²) in [6, 6.07) is 20.2. The van der Waals surface area contributed by atoms with Crippen LogP contribution >= 0.6 is 0 Å². The summed E-state index contributed by atoms with van der Waals surface area (Å²) in [5.74, 6) is 0.873. The molecule has 2 heteroatoms. The van der Waals surface area contributed by atoms with Gasteiger partial charge in [-0.05, 0) is 23.1 Å². The molecule has 0 amide bonds. The smallest absolute Gasteiger partial charge is 0.126 e. The molecule has 0 aliphatic heterocycles. The molecule has 0 aromatic heterocycles. The van der Waals surface area contributed by atoms with Gasteiger partial charge in [-0.3, -0.25) is 0 Å². The minimum atomic E-state index is 0.800. The molecule has 0 radical (unpaired) electrons. The molecule has 3 rings (SSSR count). The topological polar surface area (TPSA) is 35.2 Å². The fraction of sp³-hybridized carbons (Fsp3) is 0.0588. The molecule has 3 aromatic rings. The average Bonchev–Trinajstić information content (AvgIpc) is 2.48. The lowest BCUT2D eigenvalue weighted by atomic mass is 9.96. The van der Waals surface area contributed by atoms with Gasteiger partial charge < -0.3 is 10.5 Å². The molecular formula is C17H15NO. The van der Waals surface area contributed by atoms with Gasteiger partial charge in [-0.15, -0.1) is 0 Å². The van der Waals surface area contributed by atoms with Crippen molar-refractivity contribution in [1.29, 1.82) is 0 Å². The van der Waals surface area contributed by atoms with Crippen LogP contribution in [-0.4, -0.2) is 7.11 Å². The Labute approximate surface area is 112 Å². The van der Waals surface area contributed by atoms with Crippen molar-refractivity contribution in [3.63, 3.8) is 0 Å². The van der Waals surface area contributed by atoms with Crippen molar-refractivity contribution < 1.29 is 4.74 Å². The van der Waals surface area contributed by atoms with E-state index in [9.17, 15) is 0 Å². The molecule has 0 heterocycles. The van der Waals surface area contributed by atoms with Crippen molar-refractivity contribution in [2.75, 3.05) is 12.8 Å². The van der Waals surface area contributed by atoms with Crippen molar-refractivity contribution >= 4 is 16.5 Å². The molecule has 0 unspecified atom stereocenters. The van der Waals surface area contributed by atoms with E-state index in [0.717, 1.165) is 33.3 Å². The van der Waals surface area contributed by atoms with Crippen molar-refractivity contribution in [1.82, 2.24) is 0 Å². The zero-order valence-corrected chi connectivity index (χ0v) is 10.8. The highest BCUT2D eigenvalue weighted by molar-refractivity contribution is 6.03. The zero-order chi connectivity index (χ0) is 13.2. The summed E-state index contributed by atoms with van der Waals surface area (Å²) in [5.41, 5.74) is 9.07. The van der Waals surface area contributed by atoms with Crippen molar-refractivity contribution in [3.8, 4) is 16.9 Å². The van der Waals surface area contributed by atoms with Gasteiger partial charge in [0.1, 0.15) is 5.75 Å². The third-order valence-corrected chi connectivity index (χ3v) is 3.35. The molecule has 2 nitrogen and oxygen atoms in total. The highest BCUT2D eigenvalue weighted by Crippen LogP contribution is 2.36. The van der Waals surface area contributed by atoms with Crippen LogP contribution in [0.25, 0.3) is 21.9 Å². The first-order valence-electron chi connectivity index (χ1n) is 6.22. The van der Waals surface area contributed by atoms with E-state index >= 15 is 0 Å². The van der Waals surface area contributed by atoms with Crippen molar-refractivity contribution in [2.24, 2.45) is 0 Å². The second kappa shape index (κ2) is 4.65. The summed E-state index contributed by atoms with van der Waals surface area (Å²) in [5, 5.41) is 2.22. The van der Waals surface area contributed by atoms with Crippen LogP contribution < -0.4 is 10.5 Å². The zero-order valence-electron chi connectivity index (χ0n) is 10.8. The number of anilines is 1. The molecule has 0 aliphatic rings. The number of hydrogen-bond donors (Lipinski definition) is 1. The number of fused-ring (bicyclic) bond motifs is 1. The van der Waals surface area contributed by atoms with E-state index in [0.29, 0.717) is 0 Å². The molecule has 0 atom stereocenters. The van der Waals surface area contributed by atoms with Crippen LogP contribution in [0.2, 0.25) is 0 Å². The van der Waals surface area contributed by atoms with Crippen LogP contribution in [0.3, 0.4) is 0 Å². The van der Waals surface area contributed by atoms with E-state index in [1.807, 2.05) is 42.5 Å². The minimum absolute atomic E-state index is 0.800. The Morgan fingerprint density at radius 1 is 0.737 bits per heavy atom. The van der Waals surface area contributed by atoms with Crippen molar-refractivity contribution in [3.05, 3.63) is 60.7 Å². The molecule has 94 valence electrons. The standard InChI is InChI=1S/C17H15NO/c1-19-17-9-5-4-8-15(17)13-10-11-16(18)14-7-3-2-6-12(13)14/h2-11H,18H2,1H3. The maximum absolute atomic E-state index is 6.04. The second-order valence-corrected chi connectivity index (χ2v) is 4.45. The minimum Gasteiger partial charge on any atom is -0.496 e. The molecule has 0 fully saturated rings. The Balaban J connectivity index is 2.34. The maximum atomic E-state index is 6.04. The van der Waals surface area contributed by atoms with E-state index in [2.05, 4.69) is 18.2 Å². The Hall–Kier alpha value is -2.48. The third-order valence-electron chi connectivity index (χ3n) is 3.35. The molecule has 2 N–H and O–H groups in total. The van der Waals surface area contributed by atoms with Crippen LogP contribution in [0, 0.1) is 0 Å². The average molecular weight is 249 g/mol. The van der Waals surface area contributed by atoms with Gasteiger partial charge in [0.2, 0.25) is 0 Å². The SMILES string of the molecule is COc1ccccc1-c1ccc(N)c2ccccc12. The van der Waals surface area contributed by atoms with Gasteiger partial charge in [-0.1, -0.05) is 48.5 Å². The van der Waals surface area contributed by atoms with Crippen LogP contribution in [-0.2, 0) is 0 Å². The second-order valence-electron chi connectivity index (χ2n) is 4.45. The highest BCUT2D eigenvalue weighted by atomic mass is 16.5. The van der Waals surface area contributed by atoms with E-state index in [1.54, 1.807) is 7.11 Å². The summed E-state index contributed by atoms with van der Waals surface area (Å²) in [7, 11) is 1.69. The molecule has 0 spiro atoms. The van der Waals surface area contributed by atoms with Crippen LogP contribution in [0.15, 0.2) is 60.7 Å². The van der Waals surface area contributed by atoms with E-state index in [4.69, 9.17) is 10.5 Å². The first-order chi connectivity index (χ1) is 9.31. The van der Waals surface area contributed by atoms with E-state index in [-0.39, 0.29) is 0 Å². The van der Waals surface area contributed by atoms with Gasteiger partial charge >= 0.3 is 0 Å². The largest absolute Gasteiger partial charge is 0.496 e. The molecule has 0 saturated carbocycles. The summed E-state index contributed by atoms with van der Waals surface area (Å²) in [6.45, 7) is 0. The molecule has 0 bridgehead atoms. The lowest BCUT2D eigenvalue weighted by Gasteiger charge is -2.12. The third kappa shape index (κ3) is 1.91. The molecule has 19 heavy (non-hydrogen) atoms. The molecule has 0 aliphatic carbocycles. The Morgan fingerprint density at radius 2 is 1.42 bits per heavy atom. The summed E-state index contributed by atoms with van der Waals surface area (Å²) in [6.07, 6.45) is 0. The first kappa shape index (κ1) is 11.6. The number of benzene rings is 3.